The highest BCUT2D eigenvalue weighted by Crippen LogP contribution is 2.27. The first kappa shape index (κ1) is 15.7. The molecule has 124 valence electrons. The normalized spacial score (nSPS) is 15.1. The number of rotatable bonds is 3. The third-order valence-corrected chi connectivity index (χ3v) is 6.07. The van der Waals surface area contributed by atoms with Gasteiger partial charge in [0.05, 0.1) is 10.2 Å². The van der Waals surface area contributed by atoms with E-state index in [1.807, 2.05) is 44.8 Å². The molecule has 6 heteroatoms. The fourth-order valence-corrected chi connectivity index (χ4v) is 4.80. The van der Waals surface area contributed by atoms with Gasteiger partial charge >= 0.3 is 0 Å². The molecule has 0 spiro atoms. The van der Waals surface area contributed by atoms with Gasteiger partial charge in [-0.05, 0) is 35.2 Å². The summed E-state index contributed by atoms with van der Waals surface area (Å²) in [5.41, 5.74) is 2.61. The molecule has 3 aromatic rings. The van der Waals surface area contributed by atoms with E-state index in [4.69, 9.17) is 0 Å². The van der Waals surface area contributed by atoms with E-state index in [-0.39, 0.29) is 11.7 Å². The molecule has 24 heavy (non-hydrogen) atoms. The molecule has 1 aliphatic rings. The molecular weight excluding hydrogens is 343 g/mol. The molecule has 3 heterocycles. The van der Waals surface area contributed by atoms with E-state index < -0.39 is 0 Å². The van der Waals surface area contributed by atoms with Gasteiger partial charge in [0.15, 0.2) is 0 Å². The Labute approximate surface area is 148 Å². The van der Waals surface area contributed by atoms with Crippen LogP contribution in [0.5, 0.6) is 0 Å². The molecule has 1 saturated heterocycles. The second-order valence-corrected chi connectivity index (χ2v) is 7.99. The Morgan fingerprint density at radius 1 is 1.17 bits per heavy atom. The highest BCUT2D eigenvalue weighted by molar-refractivity contribution is 7.99. The van der Waals surface area contributed by atoms with Crippen LogP contribution in [0, 0.1) is 5.82 Å². The molecular formula is C18H17FN2OS2. The van der Waals surface area contributed by atoms with E-state index in [9.17, 15) is 9.18 Å². The molecule has 0 aliphatic carbocycles. The van der Waals surface area contributed by atoms with Crippen molar-refractivity contribution in [2.45, 2.75) is 6.54 Å². The first-order valence-electron chi connectivity index (χ1n) is 7.90. The lowest BCUT2D eigenvalue weighted by Crippen LogP contribution is -2.38. The first-order valence-corrected chi connectivity index (χ1v) is 9.94. The number of fused-ring (bicyclic) bond motifs is 1. The van der Waals surface area contributed by atoms with Crippen LogP contribution in [0.1, 0.15) is 16.1 Å². The van der Waals surface area contributed by atoms with Gasteiger partial charge in [-0.15, -0.1) is 11.3 Å². The van der Waals surface area contributed by atoms with Crippen molar-refractivity contribution in [3.05, 3.63) is 58.9 Å². The molecule has 0 atom stereocenters. The summed E-state index contributed by atoms with van der Waals surface area (Å²) >= 11 is 3.52. The Hall–Kier alpha value is -1.79. The predicted octanol–water partition coefficient (Wildman–Crippen LogP) is 4.08. The molecule has 0 radical (unpaired) electrons. The van der Waals surface area contributed by atoms with Crippen molar-refractivity contribution in [1.29, 1.82) is 0 Å². The topological polar surface area (TPSA) is 25.2 Å². The summed E-state index contributed by atoms with van der Waals surface area (Å²) in [5.74, 6) is 1.81. The second kappa shape index (κ2) is 6.61. The summed E-state index contributed by atoms with van der Waals surface area (Å²) in [6, 6.07) is 10.6. The number of thioether (sulfide) groups is 1. The highest BCUT2D eigenvalue weighted by Gasteiger charge is 2.23. The molecule has 4 rings (SSSR count). The Morgan fingerprint density at radius 2 is 2.00 bits per heavy atom. The van der Waals surface area contributed by atoms with Crippen molar-refractivity contribution in [2.24, 2.45) is 0 Å². The minimum absolute atomic E-state index is 0.0788. The van der Waals surface area contributed by atoms with Crippen LogP contribution in [0.3, 0.4) is 0 Å². The standard InChI is InChI=1S/C18H17FN2OS2/c19-14-3-1-2-13(10-14)12-21-15-4-7-24-17(15)11-16(21)18(22)20-5-8-23-9-6-20/h1-4,7,10-11H,5-6,8-9,12H2. The van der Waals surface area contributed by atoms with Crippen molar-refractivity contribution in [3.63, 3.8) is 0 Å². The zero-order valence-corrected chi connectivity index (χ0v) is 14.7. The number of carbonyl (C=O) groups excluding carboxylic acids is 1. The monoisotopic (exact) mass is 360 g/mol. The van der Waals surface area contributed by atoms with Crippen LogP contribution in [-0.2, 0) is 6.54 Å². The average molecular weight is 360 g/mol. The van der Waals surface area contributed by atoms with Crippen LogP contribution in [0.4, 0.5) is 4.39 Å². The summed E-state index contributed by atoms with van der Waals surface area (Å²) in [5, 5.41) is 2.03. The molecule has 0 N–H and O–H groups in total. The lowest BCUT2D eigenvalue weighted by molar-refractivity contribution is 0.0762. The van der Waals surface area contributed by atoms with E-state index >= 15 is 0 Å². The molecule has 0 bridgehead atoms. The second-order valence-electron chi connectivity index (χ2n) is 5.82. The smallest absolute Gasteiger partial charge is 0.270 e. The van der Waals surface area contributed by atoms with Gasteiger partial charge in [-0.3, -0.25) is 4.79 Å². The van der Waals surface area contributed by atoms with Gasteiger partial charge in [0.25, 0.3) is 5.91 Å². The van der Waals surface area contributed by atoms with E-state index in [1.165, 1.54) is 12.1 Å². The third kappa shape index (κ3) is 2.96. The van der Waals surface area contributed by atoms with Gasteiger partial charge in [0, 0.05) is 31.1 Å². The Morgan fingerprint density at radius 3 is 2.79 bits per heavy atom. The lowest BCUT2D eigenvalue weighted by atomic mass is 10.2. The Balaban J connectivity index is 1.72. The van der Waals surface area contributed by atoms with Crippen LogP contribution >= 0.6 is 23.1 Å². The number of carbonyl (C=O) groups is 1. The predicted molar refractivity (Wildman–Crippen MR) is 98.5 cm³/mol. The zero-order valence-electron chi connectivity index (χ0n) is 13.1. The number of hydrogen-bond acceptors (Lipinski definition) is 3. The van der Waals surface area contributed by atoms with E-state index in [2.05, 4.69) is 0 Å². The summed E-state index contributed by atoms with van der Waals surface area (Å²) in [7, 11) is 0. The van der Waals surface area contributed by atoms with Gasteiger partial charge in [-0.1, -0.05) is 12.1 Å². The number of aromatic nitrogens is 1. The fraction of sp³-hybridized carbons (Fsp3) is 0.278. The molecule has 2 aromatic heterocycles. The molecule has 1 aliphatic heterocycles. The minimum Gasteiger partial charge on any atom is -0.336 e. The van der Waals surface area contributed by atoms with Crippen molar-refractivity contribution < 1.29 is 9.18 Å². The van der Waals surface area contributed by atoms with Crippen LogP contribution < -0.4 is 0 Å². The summed E-state index contributed by atoms with van der Waals surface area (Å²) in [6.07, 6.45) is 0. The molecule has 1 amide bonds. The van der Waals surface area contributed by atoms with Gasteiger partial charge in [-0.25, -0.2) is 4.39 Å². The lowest BCUT2D eigenvalue weighted by Gasteiger charge is -2.27. The zero-order chi connectivity index (χ0) is 16.5. The van der Waals surface area contributed by atoms with Crippen molar-refractivity contribution in [2.75, 3.05) is 24.6 Å². The number of amides is 1. The molecule has 1 aromatic carbocycles. The summed E-state index contributed by atoms with van der Waals surface area (Å²) in [4.78, 5) is 14.9. The number of nitrogens with zero attached hydrogens (tertiary/aromatic N) is 2. The molecule has 1 fully saturated rings. The van der Waals surface area contributed by atoms with Crippen molar-refractivity contribution >= 4 is 39.2 Å². The average Bonchev–Trinajstić information content (AvgIpc) is 3.18. The molecule has 3 nitrogen and oxygen atoms in total. The fourth-order valence-electron chi connectivity index (χ4n) is 3.07. The minimum atomic E-state index is -0.248. The van der Waals surface area contributed by atoms with Crippen LogP contribution in [0.2, 0.25) is 0 Å². The van der Waals surface area contributed by atoms with E-state index in [1.54, 1.807) is 17.4 Å². The maximum Gasteiger partial charge on any atom is 0.270 e. The number of halogens is 1. The maximum absolute atomic E-state index is 13.5. The van der Waals surface area contributed by atoms with E-state index in [0.29, 0.717) is 12.2 Å². The van der Waals surface area contributed by atoms with Gasteiger partial charge in [-0.2, -0.15) is 11.8 Å². The van der Waals surface area contributed by atoms with Gasteiger partial charge in [0.1, 0.15) is 11.5 Å². The molecule has 0 saturated carbocycles. The SMILES string of the molecule is O=C(c1cc2sccc2n1Cc1cccc(F)c1)N1CCSCC1. The maximum atomic E-state index is 13.5. The highest BCUT2D eigenvalue weighted by atomic mass is 32.2. The van der Waals surface area contributed by atoms with Crippen LogP contribution in [-0.4, -0.2) is 40.0 Å². The quantitative estimate of drug-likeness (QED) is 0.703. The van der Waals surface area contributed by atoms with E-state index in [0.717, 1.165) is 40.4 Å². The third-order valence-electron chi connectivity index (χ3n) is 4.27. The van der Waals surface area contributed by atoms with Crippen LogP contribution in [0.15, 0.2) is 41.8 Å². The van der Waals surface area contributed by atoms with Gasteiger partial charge in [0.2, 0.25) is 0 Å². The Kier molecular flexibility index (Phi) is 4.33. The number of thiophene rings is 1. The summed E-state index contributed by atoms with van der Waals surface area (Å²) in [6.45, 7) is 2.09. The summed E-state index contributed by atoms with van der Waals surface area (Å²) < 4.78 is 16.6. The molecule has 0 unspecified atom stereocenters. The van der Waals surface area contributed by atoms with Crippen molar-refractivity contribution in [1.82, 2.24) is 9.47 Å². The van der Waals surface area contributed by atoms with Gasteiger partial charge < -0.3 is 9.47 Å². The largest absolute Gasteiger partial charge is 0.336 e. The number of benzene rings is 1. The number of hydrogen-bond donors (Lipinski definition) is 0. The first-order chi connectivity index (χ1) is 11.7. The van der Waals surface area contributed by atoms with Crippen molar-refractivity contribution in [3.8, 4) is 0 Å². The Bertz CT molecular complexity index is 880. The van der Waals surface area contributed by atoms with Crippen LogP contribution in [0.25, 0.3) is 10.2 Å².